The van der Waals surface area contributed by atoms with Crippen LogP contribution in [-0.4, -0.2) is 67.5 Å². The second-order valence-corrected chi connectivity index (χ2v) is 18.4. The summed E-state index contributed by atoms with van der Waals surface area (Å²) in [5.41, 5.74) is 4.28. The second kappa shape index (κ2) is 26.5. The number of aliphatic hydroxyl groups excluding tert-OH is 2. The first-order valence-electron chi connectivity index (χ1n) is 25.3. The summed E-state index contributed by atoms with van der Waals surface area (Å²) in [4.78, 5) is 51.5. The number of rotatable bonds is 14. The van der Waals surface area contributed by atoms with Crippen LogP contribution in [0.1, 0.15) is 56.7 Å². The van der Waals surface area contributed by atoms with Crippen molar-refractivity contribution in [2.75, 3.05) is 0 Å². The molecule has 0 aliphatic carbocycles. The Bertz CT molecular complexity index is 3510. The first-order chi connectivity index (χ1) is 39.7. The highest BCUT2D eigenvalue weighted by Crippen LogP contribution is 2.45. The summed E-state index contributed by atoms with van der Waals surface area (Å²) in [5.74, 6) is -1.18. The number of carbonyl (C=O) groups is 4. The molecule has 0 bridgehead atoms. The summed E-state index contributed by atoms with van der Waals surface area (Å²) >= 11 is 0. The van der Waals surface area contributed by atoms with Gasteiger partial charge in [0.1, 0.15) is 73.1 Å². The van der Waals surface area contributed by atoms with E-state index in [0.717, 1.165) is 16.7 Å². The summed E-state index contributed by atoms with van der Waals surface area (Å²) < 4.78 is 55.1. The van der Waals surface area contributed by atoms with E-state index in [1.807, 2.05) is 24.3 Å². The lowest BCUT2D eigenvalue weighted by atomic mass is 9.94. The summed E-state index contributed by atoms with van der Waals surface area (Å²) in [6.07, 6.45) is -8.41. The van der Waals surface area contributed by atoms with Gasteiger partial charge in [-0.25, -0.2) is 19.2 Å². The Morgan fingerprint density at radius 3 is 1.29 bits per heavy atom. The fourth-order valence-corrected chi connectivity index (χ4v) is 8.55. The molecule has 0 saturated heterocycles. The first kappa shape index (κ1) is 56.3. The largest absolute Gasteiger partial charge is 0.514 e. The van der Waals surface area contributed by atoms with Crippen molar-refractivity contribution in [2.45, 2.75) is 63.7 Å². The fourth-order valence-electron chi connectivity index (χ4n) is 8.55. The maximum absolute atomic E-state index is 13.0. The van der Waals surface area contributed by atoms with E-state index >= 15 is 0 Å². The number of benzene rings is 8. The predicted molar refractivity (Wildman–Crippen MR) is 288 cm³/mol. The molecule has 0 spiro atoms. The average molecular weight is 1120 g/mol. The number of hydrogen-bond donors (Lipinski definition) is 6. The van der Waals surface area contributed by atoms with Crippen LogP contribution in [0.4, 0.5) is 19.2 Å². The number of phenolic OH excluding ortho intramolecular Hbond substituents is 4. The highest BCUT2D eigenvalue weighted by atomic mass is 16.8. The predicted octanol–water partition coefficient (Wildman–Crippen LogP) is 11.1. The van der Waals surface area contributed by atoms with E-state index in [0.29, 0.717) is 16.7 Å². The molecular weight excluding hydrogens is 1060 g/mol. The Kier molecular flexibility index (Phi) is 18.2. The molecule has 0 fully saturated rings. The maximum atomic E-state index is 13.0. The monoisotopic (exact) mass is 1120 g/mol. The van der Waals surface area contributed by atoms with Gasteiger partial charge in [0, 0.05) is 48.2 Å². The van der Waals surface area contributed by atoms with Crippen molar-refractivity contribution in [2.24, 2.45) is 0 Å². The van der Waals surface area contributed by atoms with Gasteiger partial charge in [0.05, 0.1) is 12.2 Å². The average Bonchev–Trinajstić information content (AvgIpc) is 3.67. The summed E-state index contributed by atoms with van der Waals surface area (Å²) in [7, 11) is 0. The molecule has 20 nitrogen and oxygen atoms in total. The van der Waals surface area contributed by atoms with Gasteiger partial charge in [-0.05, 0) is 57.6 Å². The van der Waals surface area contributed by atoms with Gasteiger partial charge in [-0.2, -0.15) is 0 Å². The molecule has 0 saturated carbocycles. The van der Waals surface area contributed by atoms with Gasteiger partial charge in [-0.3, -0.25) is 0 Å². The van der Waals surface area contributed by atoms with Crippen LogP contribution in [0.15, 0.2) is 182 Å². The van der Waals surface area contributed by atoms with Crippen LogP contribution in [0, 0.1) is 0 Å². The smallest absolute Gasteiger partial charge is 0.508 e. The zero-order valence-electron chi connectivity index (χ0n) is 43.3. The van der Waals surface area contributed by atoms with E-state index < -0.39 is 49.0 Å². The molecule has 6 N–H and O–H groups in total. The molecule has 0 radical (unpaired) electrons. The van der Waals surface area contributed by atoms with Gasteiger partial charge in [-0.15, -0.1) is 0 Å². The van der Waals surface area contributed by atoms with E-state index in [4.69, 9.17) is 47.4 Å². The van der Waals surface area contributed by atoms with E-state index in [-0.39, 0.29) is 108 Å². The third-order valence-electron chi connectivity index (χ3n) is 12.5. The standard InChI is InChI=1S/C47H38O14.C15H14O6/c48-38-26-37-40(24-36(57-44(49)53-27-31-13-5-1-6-14-31)25-41(37)60-46(51)55-29-33-17-9-3-10-18-33)58-43(38)35-21-22-39(59-45(50)54-28-32-15-7-2-8-16-32)42(23-35)61-47(52)56-30-34-19-11-4-12-20-34;16-8-4-11(18)9-6-13(20)15(21-14(9)5-8)7-1-2-10(17)12(19)3-7/h1-25,38,43,48H,26-30H2;1-5,13,15-20H,6H2/t38-,43?;13-,15?/m11/s1. The SMILES string of the molecule is O=C(OCc1ccccc1)Oc1cc(OC(=O)OCc2ccccc2)c2c(c1)OC(c1ccc(OC(=O)OCc3ccccc3)c(OC(=O)OCc3ccccc3)c1)[C@H](O)C2.Oc1cc(O)c2c(c1)OC(c1ccc(O)c(O)c1)[C@H](O)C2. The van der Waals surface area contributed by atoms with Crippen molar-refractivity contribution in [3.8, 4) is 57.5 Å². The van der Waals surface area contributed by atoms with Crippen LogP contribution in [0.25, 0.3) is 0 Å². The Labute approximate surface area is 467 Å². The number of aromatic hydroxyl groups is 4. The molecule has 8 aromatic rings. The van der Waals surface area contributed by atoms with Crippen LogP contribution in [-0.2, 0) is 58.2 Å². The quantitative estimate of drug-likeness (QED) is 0.0255. The van der Waals surface area contributed by atoms with Crippen molar-refractivity contribution in [3.63, 3.8) is 0 Å². The lowest BCUT2D eigenvalue weighted by Crippen LogP contribution is -2.31. The minimum atomic E-state index is -1.28. The topological polar surface area (TPSA) is 282 Å². The van der Waals surface area contributed by atoms with Gasteiger partial charge in [-0.1, -0.05) is 133 Å². The van der Waals surface area contributed by atoms with Crippen LogP contribution in [0.5, 0.6) is 57.5 Å². The van der Waals surface area contributed by atoms with Crippen molar-refractivity contribution < 1.29 is 97.2 Å². The molecule has 82 heavy (non-hydrogen) atoms. The van der Waals surface area contributed by atoms with Gasteiger partial charge in [0.15, 0.2) is 23.0 Å². The number of aliphatic hydroxyl groups is 2. The first-order valence-corrected chi connectivity index (χ1v) is 25.3. The second-order valence-electron chi connectivity index (χ2n) is 18.4. The molecule has 2 aliphatic rings. The number of ether oxygens (including phenoxy) is 10. The van der Waals surface area contributed by atoms with Crippen molar-refractivity contribution in [3.05, 3.63) is 226 Å². The Balaban J connectivity index is 0.000000321. The normalized spacial score (nSPS) is 15.6. The molecular formula is C62H52O20. The van der Waals surface area contributed by atoms with E-state index in [1.165, 1.54) is 60.7 Å². The molecule has 10 rings (SSSR count). The van der Waals surface area contributed by atoms with Gasteiger partial charge in [0.25, 0.3) is 0 Å². The number of phenols is 4. The third kappa shape index (κ3) is 15.0. The molecule has 420 valence electrons. The van der Waals surface area contributed by atoms with Crippen LogP contribution >= 0.6 is 0 Å². The highest BCUT2D eigenvalue weighted by molar-refractivity contribution is 5.71. The zero-order chi connectivity index (χ0) is 57.5. The molecule has 4 atom stereocenters. The lowest BCUT2D eigenvalue weighted by Gasteiger charge is -2.32. The molecule has 2 heterocycles. The molecule has 8 aromatic carbocycles. The van der Waals surface area contributed by atoms with Gasteiger partial charge in [0.2, 0.25) is 0 Å². The molecule has 0 amide bonds. The number of fused-ring (bicyclic) bond motifs is 2. The molecule has 0 aromatic heterocycles. The minimum absolute atomic E-state index is 0.0702. The maximum Gasteiger partial charge on any atom is 0.514 e. The summed E-state index contributed by atoms with van der Waals surface area (Å²) in [6, 6.07) is 49.3. The summed E-state index contributed by atoms with van der Waals surface area (Å²) in [6.45, 7) is -0.343. The number of hydrogen-bond acceptors (Lipinski definition) is 20. The fraction of sp³-hybridized carbons (Fsp3) is 0.161. The van der Waals surface area contributed by atoms with Crippen LogP contribution in [0.2, 0.25) is 0 Å². The Morgan fingerprint density at radius 1 is 0.390 bits per heavy atom. The van der Waals surface area contributed by atoms with E-state index in [2.05, 4.69) is 0 Å². The van der Waals surface area contributed by atoms with E-state index in [1.54, 1.807) is 97.1 Å². The van der Waals surface area contributed by atoms with Crippen LogP contribution in [0.3, 0.4) is 0 Å². The molecule has 2 unspecified atom stereocenters. The third-order valence-corrected chi connectivity index (χ3v) is 12.5. The van der Waals surface area contributed by atoms with Gasteiger partial charge >= 0.3 is 24.6 Å². The van der Waals surface area contributed by atoms with Crippen molar-refractivity contribution in [1.82, 2.24) is 0 Å². The van der Waals surface area contributed by atoms with E-state index in [9.17, 15) is 49.8 Å². The van der Waals surface area contributed by atoms with Crippen molar-refractivity contribution >= 4 is 24.6 Å². The number of carbonyl (C=O) groups excluding carboxylic acids is 4. The molecule has 20 heteroatoms. The minimum Gasteiger partial charge on any atom is -0.508 e. The summed E-state index contributed by atoms with van der Waals surface area (Å²) in [5, 5.41) is 59.8. The lowest BCUT2D eigenvalue weighted by molar-refractivity contribution is 0.0190. The Hall–Kier alpha value is -10.4. The van der Waals surface area contributed by atoms with Crippen LogP contribution < -0.4 is 28.4 Å². The molecule has 2 aliphatic heterocycles. The Morgan fingerprint density at radius 2 is 0.805 bits per heavy atom. The highest BCUT2D eigenvalue weighted by Gasteiger charge is 2.36. The van der Waals surface area contributed by atoms with Gasteiger partial charge < -0.3 is 78.0 Å². The van der Waals surface area contributed by atoms with Crippen molar-refractivity contribution in [1.29, 1.82) is 0 Å². The zero-order valence-corrected chi connectivity index (χ0v) is 43.3.